The maximum Gasteiger partial charge on any atom is 0.217 e. The van der Waals surface area contributed by atoms with Crippen LogP contribution in [-0.2, 0) is 7.05 Å². The van der Waals surface area contributed by atoms with Gasteiger partial charge in [-0.2, -0.15) is 5.10 Å². The van der Waals surface area contributed by atoms with E-state index in [9.17, 15) is 5.11 Å². The van der Waals surface area contributed by atoms with E-state index in [4.69, 9.17) is 4.74 Å². The van der Waals surface area contributed by atoms with Gasteiger partial charge in [0.2, 0.25) is 5.88 Å². The van der Waals surface area contributed by atoms with Crippen LogP contribution < -0.4 is 4.74 Å². The zero-order chi connectivity index (χ0) is 13.3. The van der Waals surface area contributed by atoms with Crippen molar-refractivity contribution in [2.24, 2.45) is 18.9 Å². The zero-order valence-electron chi connectivity index (χ0n) is 11.8. The molecule has 0 amide bonds. The average molecular weight is 252 g/mol. The predicted molar refractivity (Wildman–Crippen MR) is 70.6 cm³/mol. The van der Waals surface area contributed by atoms with Crippen molar-refractivity contribution in [3.05, 3.63) is 11.3 Å². The molecule has 1 saturated carbocycles. The van der Waals surface area contributed by atoms with Crippen molar-refractivity contribution in [1.29, 1.82) is 0 Å². The number of aromatic nitrogens is 2. The first-order valence-corrected chi connectivity index (χ1v) is 6.80. The smallest absolute Gasteiger partial charge is 0.217 e. The minimum Gasteiger partial charge on any atom is -0.481 e. The van der Waals surface area contributed by atoms with Gasteiger partial charge < -0.3 is 9.84 Å². The molecule has 0 radical (unpaired) electrons. The van der Waals surface area contributed by atoms with Crippen LogP contribution in [0, 0.1) is 18.8 Å². The summed E-state index contributed by atoms with van der Waals surface area (Å²) in [5, 5.41) is 14.9. The molecule has 0 spiro atoms. The number of ether oxygens (including phenoxy) is 1. The summed E-state index contributed by atoms with van der Waals surface area (Å²) < 4.78 is 7.08. The number of methoxy groups -OCH3 is 1. The highest BCUT2D eigenvalue weighted by Crippen LogP contribution is 2.40. The molecule has 1 aromatic heterocycles. The number of aliphatic hydroxyl groups is 1. The molecule has 0 bridgehead atoms. The Morgan fingerprint density at radius 2 is 1.94 bits per heavy atom. The summed E-state index contributed by atoms with van der Waals surface area (Å²) in [6.45, 7) is 4.23. The van der Waals surface area contributed by atoms with Crippen LogP contribution in [0.5, 0.6) is 5.88 Å². The van der Waals surface area contributed by atoms with E-state index < -0.39 is 6.10 Å². The summed E-state index contributed by atoms with van der Waals surface area (Å²) in [4.78, 5) is 0. The Bertz CT molecular complexity index is 406. The Labute approximate surface area is 109 Å². The van der Waals surface area contributed by atoms with Gasteiger partial charge in [-0.05, 0) is 31.6 Å². The third kappa shape index (κ3) is 2.39. The number of aryl methyl sites for hydroxylation is 2. The highest BCUT2D eigenvalue weighted by Gasteiger charge is 2.30. The van der Waals surface area contributed by atoms with Crippen molar-refractivity contribution >= 4 is 0 Å². The lowest BCUT2D eigenvalue weighted by molar-refractivity contribution is 0.0727. The molecule has 1 heterocycles. The van der Waals surface area contributed by atoms with Gasteiger partial charge in [0.25, 0.3) is 0 Å². The summed E-state index contributed by atoms with van der Waals surface area (Å²) in [5.41, 5.74) is 1.75. The third-order valence-electron chi connectivity index (χ3n) is 4.21. The van der Waals surface area contributed by atoms with Crippen LogP contribution in [0.3, 0.4) is 0 Å². The molecule has 1 aromatic rings. The van der Waals surface area contributed by atoms with Crippen molar-refractivity contribution in [1.82, 2.24) is 9.78 Å². The molecule has 1 aliphatic rings. The molecule has 1 N–H and O–H groups in total. The van der Waals surface area contributed by atoms with E-state index in [1.54, 1.807) is 11.8 Å². The molecule has 0 aliphatic heterocycles. The molecular formula is C14H24N2O2. The van der Waals surface area contributed by atoms with Gasteiger partial charge in [0.15, 0.2) is 0 Å². The van der Waals surface area contributed by atoms with Crippen molar-refractivity contribution in [2.75, 3.05) is 7.11 Å². The molecule has 1 unspecified atom stereocenters. The van der Waals surface area contributed by atoms with Crippen molar-refractivity contribution in [3.8, 4) is 5.88 Å². The van der Waals surface area contributed by atoms with E-state index in [1.165, 1.54) is 12.8 Å². The average Bonchev–Trinajstić information content (AvgIpc) is 2.63. The van der Waals surface area contributed by atoms with Gasteiger partial charge in [-0.15, -0.1) is 0 Å². The predicted octanol–water partition coefficient (Wildman–Crippen LogP) is 2.60. The van der Waals surface area contributed by atoms with Crippen LogP contribution in [0.1, 0.15) is 50.0 Å². The SMILES string of the molecule is COc1c(C(O)C2CCC(C)CC2)c(C)nn1C. The topological polar surface area (TPSA) is 47.3 Å². The third-order valence-corrected chi connectivity index (χ3v) is 4.21. The first-order chi connectivity index (χ1) is 8.54. The molecule has 4 nitrogen and oxygen atoms in total. The fourth-order valence-electron chi connectivity index (χ4n) is 3.07. The number of nitrogens with zero attached hydrogens (tertiary/aromatic N) is 2. The van der Waals surface area contributed by atoms with Gasteiger partial charge in [-0.25, -0.2) is 4.68 Å². The Kier molecular flexibility index (Phi) is 3.95. The van der Waals surface area contributed by atoms with Crippen LogP contribution in [-0.4, -0.2) is 22.0 Å². The first-order valence-electron chi connectivity index (χ1n) is 6.80. The van der Waals surface area contributed by atoms with E-state index in [0.717, 1.165) is 30.0 Å². The first kappa shape index (κ1) is 13.4. The summed E-state index contributed by atoms with van der Waals surface area (Å²) in [6, 6.07) is 0. The van der Waals surface area contributed by atoms with Crippen molar-refractivity contribution < 1.29 is 9.84 Å². The lowest BCUT2D eigenvalue weighted by Gasteiger charge is -2.30. The molecule has 0 aromatic carbocycles. The summed E-state index contributed by atoms with van der Waals surface area (Å²) >= 11 is 0. The molecule has 18 heavy (non-hydrogen) atoms. The summed E-state index contributed by atoms with van der Waals surface area (Å²) in [5.74, 6) is 1.84. The Morgan fingerprint density at radius 1 is 1.33 bits per heavy atom. The second kappa shape index (κ2) is 5.31. The second-order valence-corrected chi connectivity index (χ2v) is 5.60. The lowest BCUT2D eigenvalue weighted by Crippen LogP contribution is -2.20. The van der Waals surface area contributed by atoms with E-state index in [2.05, 4.69) is 12.0 Å². The van der Waals surface area contributed by atoms with E-state index in [0.29, 0.717) is 11.8 Å². The Morgan fingerprint density at radius 3 is 2.50 bits per heavy atom. The largest absolute Gasteiger partial charge is 0.481 e. The summed E-state index contributed by atoms with van der Waals surface area (Å²) in [7, 11) is 3.49. The Balaban J connectivity index is 2.20. The van der Waals surface area contributed by atoms with Gasteiger partial charge in [-0.3, -0.25) is 0 Å². The van der Waals surface area contributed by atoms with Gasteiger partial charge in [-0.1, -0.05) is 19.8 Å². The number of rotatable bonds is 3. The maximum absolute atomic E-state index is 10.6. The van der Waals surface area contributed by atoms with Crippen LogP contribution in [0.4, 0.5) is 0 Å². The quantitative estimate of drug-likeness (QED) is 0.899. The number of hydrogen-bond donors (Lipinski definition) is 1. The van der Waals surface area contributed by atoms with Gasteiger partial charge >= 0.3 is 0 Å². The zero-order valence-corrected chi connectivity index (χ0v) is 11.8. The van der Waals surface area contributed by atoms with Crippen molar-refractivity contribution in [2.45, 2.75) is 45.6 Å². The molecule has 4 heteroatoms. The molecule has 0 saturated heterocycles. The van der Waals surface area contributed by atoms with Crippen LogP contribution >= 0.6 is 0 Å². The number of aliphatic hydroxyl groups excluding tert-OH is 1. The maximum atomic E-state index is 10.6. The molecule has 1 atom stereocenters. The molecule has 1 fully saturated rings. The minimum absolute atomic E-state index is 0.345. The van der Waals surface area contributed by atoms with Crippen LogP contribution in [0.2, 0.25) is 0 Å². The van der Waals surface area contributed by atoms with Gasteiger partial charge in [0, 0.05) is 7.05 Å². The normalized spacial score (nSPS) is 26.1. The van der Waals surface area contributed by atoms with E-state index in [-0.39, 0.29) is 0 Å². The second-order valence-electron chi connectivity index (χ2n) is 5.60. The number of hydrogen-bond acceptors (Lipinski definition) is 3. The molecule has 2 rings (SSSR count). The molecule has 1 aliphatic carbocycles. The fraction of sp³-hybridized carbons (Fsp3) is 0.786. The Hall–Kier alpha value is -1.03. The highest BCUT2D eigenvalue weighted by molar-refractivity contribution is 5.33. The van der Waals surface area contributed by atoms with Gasteiger partial charge in [0.05, 0.1) is 24.5 Å². The van der Waals surface area contributed by atoms with Crippen LogP contribution in [0.25, 0.3) is 0 Å². The van der Waals surface area contributed by atoms with Gasteiger partial charge in [0.1, 0.15) is 0 Å². The monoisotopic (exact) mass is 252 g/mol. The van der Waals surface area contributed by atoms with E-state index >= 15 is 0 Å². The molecule has 102 valence electrons. The standard InChI is InChI=1S/C14H24N2O2/c1-9-5-7-11(8-6-9)13(17)12-10(2)15-16(3)14(12)18-4/h9,11,13,17H,5-8H2,1-4H3. The fourth-order valence-corrected chi connectivity index (χ4v) is 3.07. The molecular weight excluding hydrogens is 228 g/mol. The van der Waals surface area contributed by atoms with E-state index in [1.807, 2.05) is 14.0 Å². The van der Waals surface area contributed by atoms with Crippen LogP contribution in [0.15, 0.2) is 0 Å². The minimum atomic E-state index is -0.443. The lowest BCUT2D eigenvalue weighted by atomic mass is 9.78. The summed E-state index contributed by atoms with van der Waals surface area (Å²) in [6.07, 6.45) is 4.17. The highest BCUT2D eigenvalue weighted by atomic mass is 16.5. The van der Waals surface area contributed by atoms with Crippen molar-refractivity contribution in [3.63, 3.8) is 0 Å².